The second-order valence-electron chi connectivity index (χ2n) is 4.27. The Kier molecular flexibility index (Phi) is 3.20. The lowest BCUT2D eigenvalue weighted by Crippen LogP contribution is -2.00. The largest absolute Gasteiger partial charge is 0.437 e. The van der Waals surface area contributed by atoms with Crippen LogP contribution in [0.3, 0.4) is 0 Å². The molecule has 0 aliphatic rings. The number of fused-ring (bicyclic) bond motifs is 1. The third-order valence-electron chi connectivity index (χ3n) is 3.04. The summed E-state index contributed by atoms with van der Waals surface area (Å²) in [6, 6.07) is 7.91. The molecule has 0 unspecified atom stereocenters. The number of rotatable bonds is 4. The van der Waals surface area contributed by atoms with Crippen molar-refractivity contribution in [2.45, 2.75) is 13.3 Å². The van der Waals surface area contributed by atoms with Gasteiger partial charge in [-0.05, 0) is 18.1 Å². The predicted molar refractivity (Wildman–Crippen MR) is 77.1 cm³/mol. The SMILES string of the molecule is CCc1ccccc1Oc1nc(NC)nc2nc[nH]c12. The smallest absolute Gasteiger partial charge is 0.250 e. The van der Waals surface area contributed by atoms with Crippen LogP contribution in [-0.2, 0) is 6.42 Å². The number of ether oxygens (including phenoxy) is 1. The molecule has 3 aromatic rings. The molecule has 0 saturated heterocycles. The van der Waals surface area contributed by atoms with Gasteiger partial charge in [-0.2, -0.15) is 9.97 Å². The standard InChI is InChI=1S/C14H15N5O/c1-3-9-6-4-5-7-10(9)20-13-11-12(17-8-16-11)18-14(15-2)19-13/h4-8H,3H2,1-2H3,(H2,15,16,17,18,19). The molecule has 6 heteroatoms. The Balaban J connectivity index is 2.07. The number of imidazole rings is 1. The molecule has 0 spiro atoms. The molecule has 6 nitrogen and oxygen atoms in total. The van der Waals surface area contributed by atoms with Gasteiger partial charge in [0.15, 0.2) is 5.65 Å². The Bertz CT molecular complexity index is 737. The summed E-state index contributed by atoms with van der Waals surface area (Å²) in [6.45, 7) is 2.09. The van der Waals surface area contributed by atoms with Gasteiger partial charge in [-0.1, -0.05) is 25.1 Å². The van der Waals surface area contributed by atoms with E-state index < -0.39 is 0 Å². The number of hydrogen-bond donors (Lipinski definition) is 2. The van der Waals surface area contributed by atoms with E-state index in [9.17, 15) is 0 Å². The van der Waals surface area contributed by atoms with E-state index in [1.54, 1.807) is 13.4 Å². The summed E-state index contributed by atoms with van der Waals surface area (Å²) >= 11 is 0. The van der Waals surface area contributed by atoms with Crippen LogP contribution in [0.4, 0.5) is 5.95 Å². The molecule has 0 radical (unpaired) electrons. The number of hydrogen-bond acceptors (Lipinski definition) is 5. The van der Waals surface area contributed by atoms with Crippen LogP contribution in [-0.4, -0.2) is 27.0 Å². The topological polar surface area (TPSA) is 75.7 Å². The van der Waals surface area contributed by atoms with Gasteiger partial charge >= 0.3 is 0 Å². The Morgan fingerprint density at radius 3 is 2.90 bits per heavy atom. The monoisotopic (exact) mass is 269 g/mol. The minimum absolute atomic E-state index is 0.470. The summed E-state index contributed by atoms with van der Waals surface area (Å²) < 4.78 is 5.95. The zero-order valence-electron chi connectivity index (χ0n) is 11.3. The summed E-state index contributed by atoms with van der Waals surface area (Å²) in [6.07, 6.45) is 2.48. The molecular weight excluding hydrogens is 254 g/mol. The molecule has 2 heterocycles. The van der Waals surface area contributed by atoms with Crippen molar-refractivity contribution in [1.82, 2.24) is 19.9 Å². The number of nitrogens with one attached hydrogen (secondary N) is 2. The summed E-state index contributed by atoms with van der Waals surface area (Å²) in [7, 11) is 1.76. The Morgan fingerprint density at radius 1 is 1.25 bits per heavy atom. The first-order valence-electron chi connectivity index (χ1n) is 6.46. The molecule has 0 aliphatic heterocycles. The lowest BCUT2D eigenvalue weighted by atomic mass is 10.1. The van der Waals surface area contributed by atoms with Gasteiger partial charge in [0.25, 0.3) is 5.88 Å². The number of H-pyrrole nitrogens is 1. The maximum absolute atomic E-state index is 5.95. The number of aryl methyl sites for hydroxylation is 1. The molecule has 0 atom stereocenters. The first-order chi connectivity index (χ1) is 9.81. The molecule has 0 aliphatic carbocycles. The van der Waals surface area contributed by atoms with Crippen LogP contribution in [0.2, 0.25) is 0 Å². The van der Waals surface area contributed by atoms with Crippen molar-refractivity contribution in [2.24, 2.45) is 0 Å². The molecule has 0 amide bonds. The van der Waals surface area contributed by atoms with Gasteiger partial charge in [0.2, 0.25) is 5.95 Å². The van der Waals surface area contributed by atoms with Crippen LogP contribution in [0.1, 0.15) is 12.5 Å². The van der Waals surface area contributed by atoms with Crippen molar-refractivity contribution in [3.05, 3.63) is 36.2 Å². The van der Waals surface area contributed by atoms with Crippen molar-refractivity contribution in [2.75, 3.05) is 12.4 Å². The average molecular weight is 269 g/mol. The predicted octanol–water partition coefficient (Wildman–Crippen LogP) is 2.75. The second-order valence-corrected chi connectivity index (χ2v) is 4.27. The lowest BCUT2D eigenvalue weighted by Gasteiger charge is -2.10. The van der Waals surface area contributed by atoms with Crippen LogP contribution >= 0.6 is 0 Å². The third kappa shape index (κ3) is 2.16. The van der Waals surface area contributed by atoms with E-state index in [-0.39, 0.29) is 0 Å². The highest BCUT2D eigenvalue weighted by Gasteiger charge is 2.12. The number of aromatic amines is 1. The van der Waals surface area contributed by atoms with Gasteiger partial charge in [-0.15, -0.1) is 0 Å². The minimum Gasteiger partial charge on any atom is -0.437 e. The van der Waals surface area contributed by atoms with Crippen molar-refractivity contribution < 1.29 is 4.74 Å². The van der Waals surface area contributed by atoms with Gasteiger partial charge in [0, 0.05) is 7.05 Å². The number of anilines is 1. The number of para-hydroxylation sites is 1. The van der Waals surface area contributed by atoms with E-state index in [1.807, 2.05) is 24.3 Å². The van der Waals surface area contributed by atoms with E-state index in [0.29, 0.717) is 23.0 Å². The minimum atomic E-state index is 0.470. The van der Waals surface area contributed by atoms with E-state index in [2.05, 4.69) is 32.2 Å². The maximum Gasteiger partial charge on any atom is 0.250 e. The zero-order valence-corrected chi connectivity index (χ0v) is 11.3. The maximum atomic E-state index is 5.95. The zero-order chi connectivity index (χ0) is 13.9. The highest BCUT2D eigenvalue weighted by molar-refractivity contribution is 5.77. The van der Waals surface area contributed by atoms with Gasteiger partial charge in [-0.3, -0.25) is 0 Å². The quantitative estimate of drug-likeness (QED) is 0.761. The molecule has 2 aromatic heterocycles. The van der Waals surface area contributed by atoms with Crippen LogP contribution in [0.15, 0.2) is 30.6 Å². The van der Waals surface area contributed by atoms with Gasteiger partial charge in [0.1, 0.15) is 11.3 Å². The van der Waals surface area contributed by atoms with E-state index >= 15 is 0 Å². The average Bonchev–Trinajstić information content (AvgIpc) is 2.96. The van der Waals surface area contributed by atoms with Crippen molar-refractivity contribution in [3.63, 3.8) is 0 Å². The molecule has 102 valence electrons. The summed E-state index contributed by atoms with van der Waals surface area (Å²) in [5, 5.41) is 2.91. The molecule has 0 fully saturated rings. The molecule has 1 aromatic carbocycles. The molecule has 2 N–H and O–H groups in total. The molecule has 20 heavy (non-hydrogen) atoms. The fourth-order valence-corrected chi connectivity index (χ4v) is 1.99. The number of benzene rings is 1. The highest BCUT2D eigenvalue weighted by Crippen LogP contribution is 2.28. The first-order valence-corrected chi connectivity index (χ1v) is 6.46. The van der Waals surface area contributed by atoms with Gasteiger partial charge in [0.05, 0.1) is 6.33 Å². The van der Waals surface area contributed by atoms with Crippen LogP contribution in [0, 0.1) is 0 Å². The van der Waals surface area contributed by atoms with E-state index in [4.69, 9.17) is 4.74 Å². The van der Waals surface area contributed by atoms with Gasteiger partial charge in [-0.25, -0.2) is 4.98 Å². The fourth-order valence-electron chi connectivity index (χ4n) is 1.99. The highest BCUT2D eigenvalue weighted by atomic mass is 16.5. The van der Waals surface area contributed by atoms with E-state index in [1.165, 1.54) is 0 Å². The molecular formula is C14H15N5O. The van der Waals surface area contributed by atoms with Crippen LogP contribution in [0.25, 0.3) is 11.2 Å². The number of aromatic nitrogens is 4. The Labute approximate surface area is 116 Å². The Hall–Kier alpha value is -2.63. The van der Waals surface area contributed by atoms with Crippen molar-refractivity contribution in [3.8, 4) is 11.6 Å². The van der Waals surface area contributed by atoms with E-state index in [0.717, 1.165) is 17.7 Å². The molecule has 0 bridgehead atoms. The van der Waals surface area contributed by atoms with Crippen LogP contribution in [0.5, 0.6) is 11.6 Å². The van der Waals surface area contributed by atoms with Gasteiger partial charge < -0.3 is 15.0 Å². The lowest BCUT2D eigenvalue weighted by molar-refractivity contribution is 0.462. The van der Waals surface area contributed by atoms with Crippen molar-refractivity contribution >= 4 is 17.1 Å². The normalized spacial score (nSPS) is 10.7. The number of nitrogens with zero attached hydrogens (tertiary/aromatic N) is 3. The van der Waals surface area contributed by atoms with Crippen LogP contribution < -0.4 is 10.1 Å². The fraction of sp³-hybridized carbons (Fsp3) is 0.214. The summed E-state index contributed by atoms with van der Waals surface area (Å²) in [4.78, 5) is 15.8. The second kappa shape index (κ2) is 5.16. The third-order valence-corrected chi connectivity index (χ3v) is 3.04. The first kappa shape index (κ1) is 12.4. The summed E-state index contributed by atoms with van der Waals surface area (Å²) in [5.41, 5.74) is 2.40. The van der Waals surface area contributed by atoms with Crippen molar-refractivity contribution in [1.29, 1.82) is 0 Å². The molecule has 0 saturated carbocycles. The summed E-state index contributed by atoms with van der Waals surface area (Å²) in [5.74, 6) is 1.75. The molecule has 3 rings (SSSR count). The Morgan fingerprint density at radius 2 is 2.10 bits per heavy atom.